The zero-order chi connectivity index (χ0) is 23.8. The van der Waals surface area contributed by atoms with E-state index in [0.717, 1.165) is 37.4 Å². The minimum absolute atomic E-state index is 0.0868. The van der Waals surface area contributed by atoms with E-state index < -0.39 is 0 Å². The van der Waals surface area contributed by atoms with Crippen molar-refractivity contribution in [3.05, 3.63) is 64.8 Å². The number of fused-ring (bicyclic) bond motifs is 3. The molecule has 6 heteroatoms. The second-order valence-electron chi connectivity index (χ2n) is 10.4. The van der Waals surface area contributed by atoms with Gasteiger partial charge in [-0.15, -0.1) is 0 Å². The van der Waals surface area contributed by atoms with Gasteiger partial charge >= 0.3 is 0 Å². The number of phenolic OH excluding ortho intramolecular Hbond substituents is 1. The van der Waals surface area contributed by atoms with Crippen LogP contribution in [-0.4, -0.2) is 39.8 Å². The maximum atomic E-state index is 12.7. The van der Waals surface area contributed by atoms with Crippen LogP contribution in [0.4, 0.5) is 0 Å². The maximum Gasteiger partial charge on any atom is 0.254 e. The zero-order valence-electron chi connectivity index (χ0n) is 20.2. The first-order valence-electron chi connectivity index (χ1n) is 13.2. The molecule has 1 amide bonds. The molecule has 2 heterocycles. The molecule has 2 aliphatic carbocycles. The smallest absolute Gasteiger partial charge is 0.254 e. The number of aryl methyl sites for hydroxylation is 1. The summed E-state index contributed by atoms with van der Waals surface area (Å²) in [5.41, 5.74) is 9.38. The number of hydrazone groups is 1. The van der Waals surface area contributed by atoms with Crippen LogP contribution in [0.1, 0.15) is 79.3 Å². The zero-order valence-corrected chi connectivity index (χ0v) is 20.2. The summed E-state index contributed by atoms with van der Waals surface area (Å²) in [5.74, 6) is 0.848. The van der Waals surface area contributed by atoms with Crippen LogP contribution < -0.4 is 5.43 Å². The van der Waals surface area contributed by atoms with Crippen LogP contribution in [0.5, 0.6) is 5.75 Å². The van der Waals surface area contributed by atoms with Gasteiger partial charge in [-0.3, -0.25) is 9.69 Å². The van der Waals surface area contributed by atoms with Crippen LogP contribution in [0.15, 0.2) is 47.6 Å². The van der Waals surface area contributed by atoms with Crippen molar-refractivity contribution < 1.29 is 9.90 Å². The number of aromatic hydroxyl groups is 1. The van der Waals surface area contributed by atoms with E-state index in [9.17, 15) is 9.90 Å². The van der Waals surface area contributed by atoms with Crippen LogP contribution in [0, 0.1) is 0 Å². The Bertz CT molecular complexity index is 1250. The molecule has 1 saturated carbocycles. The van der Waals surface area contributed by atoms with Crippen molar-refractivity contribution in [3.8, 4) is 5.75 Å². The second kappa shape index (κ2) is 9.50. The van der Waals surface area contributed by atoms with Crippen molar-refractivity contribution >= 4 is 23.0 Å². The van der Waals surface area contributed by atoms with Crippen LogP contribution in [0.3, 0.4) is 0 Å². The summed E-state index contributed by atoms with van der Waals surface area (Å²) in [7, 11) is 0. The number of hydrogen-bond acceptors (Lipinski definition) is 4. The van der Waals surface area contributed by atoms with Gasteiger partial charge in [0.05, 0.1) is 18.8 Å². The van der Waals surface area contributed by atoms with E-state index in [1.54, 1.807) is 30.5 Å². The first kappa shape index (κ1) is 22.4. The molecule has 6 rings (SSSR count). The third-order valence-electron chi connectivity index (χ3n) is 8.23. The van der Waals surface area contributed by atoms with Crippen molar-refractivity contribution in [2.75, 3.05) is 13.1 Å². The van der Waals surface area contributed by atoms with Gasteiger partial charge in [0, 0.05) is 29.7 Å². The standard InChI is InChI=1S/C29H34N4O2/c34-23-12-9-20(10-13-23)18-30-31-28(35)19-32-15-16-33-26-14-11-22(21-5-2-1-3-6-21)17-25(26)24-7-4-8-27(32)29(24)33/h9-14,17-18,21,27,34H,1-8,15-16,19H2,(H,31,35)/b30-18+/t27-/m0/s1. The average Bonchev–Trinajstić information content (AvgIpc) is 3.22. The summed E-state index contributed by atoms with van der Waals surface area (Å²) in [6.45, 7) is 2.15. The van der Waals surface area contributed by atoms with Crippen molar-refractivity contribution in [1.29, 1.82) is 0 Å². The van der Waals surface area contributed by atoms with E-state index >= 15 is 0 Å². The van der Waals surface area contributed by atoms with E-state index in [2.05, 4.69) is 38.2 Å². The minimum Gasteiger partial charge on any atom is -0.508 e. The largest absolute Gasteiger partial charge is 0.508 e. The number of nitrogens with one attached hydrogen (secondary N) is 1. The van der Waals surface area contributed by atoms with Crippen LogP contribution in [0.2, 0.25) is 0 Å². The Morgan fingerprint density at radius 1 is 1.03 bits per heavy atom. The molecule has 1 aromatic heterocycles. The maximum absolute atomic E-state index is 12.7. The van der Waals surface area contributed by atoms with Crippen LogP contribution >= 0.6 is 0 Å². The number of carbonyl (C=O) groups is 1. The molecule has 1 atom stereocenters. The van der Waals surface area contributed by atoms with Gasteiger partial charge in [-0.25, -0.2) is 5.43 Å². The normalized spacial score (nSPS) is 20.9. The van der Waals surface area contributed by atoms with Gasteiger partial charge in [-0.1, -0.05) is 25.3 Å². The summed E-state index contributed by atoms with van der Waals surface area (Å²) < 4.78 is 2.54. The molecule has 3 aromatic rings. The molecule has 0 unspecified atom stereocenters. The topological polar surface area (TPSA) is 69.9 Å². The lowest BCUT2D eigenvalue weighted by molar-refractivity contribution is -0.123. The molecule has 0 bridgehead atoms. The first-order valence-corrected chi connectivity index (χ1v) is 13.2. The highest BCUT2D eigenvalue weighted by molar-refractivity contribution is 5.87. The predicted molar refractivity (Wildman–Crippen MR) is 139 cm³/mol. The molecular formula is C29H34N4O2. The average molecular weight is 471 g/mol. The lowest BCUT2D eigenvalue weighted by Gasteiger charge is -2.39. The third-order valence-corrected chi connectivity index (χ3v) is 8.23. The van der Waals surface area contributed by atoms with Gasteiger partial charge in [0.1, 0.15) is 5.75 Å². The van der Waals surface area contributed by atoms with E-state index in [-0.39, 0.29) is 11.7 Å². The van der Waals surface area contributed by atoms with Crippen LogP contribution in [-0.2, 0) is 17.8 Å². The molecule has 6 nitrogen and oxygen atoms in total. The Morgan fingerprint density at radius 2 is 1.86 bits per heavy atom. The Morgan fingerprint density at radius 3 is 2.69 bits per heavy atom. The summed E-state index contributed by atoms with van der Waals surface area (Å²) in [5, 5.41) is 15.0. The van der Waals surface area contributed by atoms with E-state index in [1.165, 1.54) is 66.2 Å². The fourth-order valence-electron chi connectivity index (χ4n) is 6.53. The summed E-state index contributed by atoms with van der Waals surface area (Å²) in [4.78, 5) is 15.0. The number of amides is 1. The number of aromatic nitrogens is 1. The number of phenols is 1. The van der Waals surface area contributed by atoms with Gasteiger partial charge in [0.2, 0.25) is 0 Å². The van der Waals surface area contributed by atoms with E-state index in [4.69, 9.17) is 0 Å². The fourth-order valence-corrected chi connectivity index (χ4v) is 6.53. The summed E-state index contributed by atoms with van der Waals surface area (Å²) in [6.07, 6.45) is 11.8. The molecule has 2 N–H and O–H groups in total. The monoisotopic (exact) mass is 470 g/mol. The van der Waals surface area contributed by atoms with Crippen molar-refractivity contribution in [1.82, 2.24) is 14.9 Å². The first-order chi connectivity index (χ1) is 17.2. The summed E-state index contributed by atoms with van der Waals surface area (Å²) in [6, 6.07) is 14.3. The highest BCUT2D eigenvalue weighted by Gasteiger charge is 2.35. The molecule has 35 heavy (non-hydrogen) atoms. The van der Waals surface area contributed by atoms with Crippen LogP contribution in [0.25, 0.3) is 10.9 Å². The predicted octanol–water partition coefficient (Wildman–Crippen LogP) is 5.24. The van der Waals surface area contributed by atoms with E-state index in [0.29, 0.717) is 12.6 Å². The molecule has 0 saturated heterocycles. The van der Waals surface area contributed by atoms with Gasteiger partial charge in [0.25, 0.3) is 5.91 Å². The minimum atomic E-state index is -0.0868. The highest BCUT2D eigenvalue weighted by Crippen LogP contribution is 2.44. The molecule has 3 aliphatic rings. The van der Waals surface area contributed by atoms with Gasteiger partial charge in [-0.2, -0.15) is 5.10 Å². The quantitative estimate of drug-likeness (QED) is 0.396. The molecule has 1 fully saturated rings. The molecule has 0 spiro atoms. The number of carbonyl (C=O) groups excluding carboxylic acids is 1. The summed E-state index contributed by atoms with van der Waals surface area (Å²) >= 11 is 0. The molecule has 1 aliphatic heterocycles. The van der Waals surface area contributed by atoms with Crippen molar-refractivity contribution in [3.63, 3.8) is 0 Å². The van der Waals surface area contributed by atoms with Crippen molar-refractivity contribution in [2.45, 2.75) is 69.9 Å². The van der Waals surface area contributed by atoms with Gasteiger partial charge < -0.3 is 9.67 Å². The highest BCUT2D eigenvalue weighted by atomic mass is 16.3. The lowest BCUT2D eigenvalue weighted by atomic mass is 9.83. The molecule has 0 radical (unpaired) electrons. The van der Waals surface area contributed by atoms with Gasteiger partial charge in [-0.05, 0) is 91.1 Å². The SMILES string of the molecule is O=C(CN1CCn2c3c(c4cc(C5CCCCC5)ccc42)CCC[C@@H]31)N/N=C/c1ccc(O)cc1. The van der Waals surface area contributed by atoms with Gasteiger partial charge in [0.15, 0.2) is 0 Å². The Balaban J connectivity index is 1.20. The second-order valence-corrected chi connectivity index (χ2v) is 10.4. The third kappa shape index (κ3) is 4.36. The number of hydrogen-bond donors (Lipinski definition) is 2. The lowest BCUT2D eigenvalue weighted by Crippen LogP contribution is -2.44. The van der Waals surface area contributed by atoms with E-state index in [1.807, 2.05) is 0 Å². The molecule has 182 valence electrons. The molecular weight excluding hydrogens is 436 g/mol. The number of rotatable bonds is 5. The number of nitrogens with zero attached hydrogens (tertiary/aromatic N) is 3. The Labute approximate surface area is 206 Å². The Hall–Kier alpha value is -3.12. The Kier molecular flexibility index (Phi) is 6.06. The van der Waals surface area contributed by atoms with Crippen molar-refractivity contribution in [2.24, 2.45) is 5.10 Å². The molecule has 2 aromatic carbocycles. The number of benzene rings is 2. The fraction of sp³-hybridized carbons (Fsp3) is 0.448.